The molecule has 4 aliphatic rings. The largest absolute Gasteiger partial charge is 0.462 e. The van der Waals surface area contributed by atoms with Crippen molar-refractivity contribution >= 4 is 11.9 Å². The fourth-order valence-corrected chi connectivity index (χ4v) is 5.32. The number of carbonyl (C=O) groups is 2. The molecule has 0 aromatic rings. The first-order valence-electron chi connectivity index (χ1n) is 10.3. The Morgan fingerprint density at radius 2 is 1.04 bits per heavy atom. The second kappa shape index (κ2) is 7.51. The minimum Gasteiger partial charge on any atom is -0.462 e. The maximum atomic E-state index is 12.8. The fraction of sp³-hybridized carbons (Fsp3) is 0.810. The van der Waals surface area contributed by atoms with E-state index in [1.54, 1.807) is 0 Å². The van der Waals surface area contributed by atoms with E-state index in [1.807, 2.05) is 0 Å². The molecule has 0 aliphatic heterocycles. The Kier molecular flexibility index (Phi) is 5.14. The zero-order chi connectivity index (χ0) is 17.2. The van der Waals surface area contributed by atoms with Crippen LogP contribution in [0, 0.1) is 23.7 Å². The maximum absolute atomic E-state index is 12.8. The summed E-state index contributed by atoms with van der Waals surface area (Å²) in [6, 6.07) is 0. The van der Waals surface area contributed by atoms with Crippen LogP contribution >= 0.6 is 0 Å². The van der Waals surface area contributed by atoms with Crippen molar-refractivity contribution in [3.63, 3.8) is 0 Å². The van der Waals surface area contributed by atoms with Crippen molar-refractivity contribution in [2.24, 2.45) is 23.7 Å². The van der Waals surface area contributed by atoms with Crippen molar-refractivity contribution in [1.29, 1.82) is 0 Å². The van der Waals surface area contributed by atoms with Crippen molar-refractivity contribution in [2.75, 3.05) is 0 Å². The van der Waals surface area contributed by atoms with Crippen LogP contribution in [0.3, 0.4) is 0 Å². The Bertz CT molecular complexity index is 482. The summed E-state index contributed by atoms with van der Waals surface area (Å²) in [6.07, 6.45) is 16.2. The van der Waals surface area contributed by atoms with Crippen LogP contribution in [0.25, 0.3) is 0 Å². The smallest absolute Gasteiger partial charge is 0.310 e. The Labute approximate surface area is 150 Å². The molecule has 4 unspecified atom stereocenters. The van der Waals surface area contributed by atoms with Gasteiger partial charge in [0.1, 0.15) is 12.2 Å². The van der Waals surface area contributed by atoms with Gasteiger partial charge < -0.3 is 9.47 Å². The quantitative estimate of drug-likeness (QED) is 0.566. The lowest BCUT2D eigenvalue weighted by atomic mass is 9.82. The van der Waals surface area contributed by atoms with Gasteiger partial charge in [-0.15, -0.1) is 0 Å². The Hall–Kier alpha value is -1.32. The molecule has 0 spiro atoms. The van der Waals surface area contributed by atoms with Gasteiger partial charge in [0.2, 0.25) is 0 Å². The molecule has 25 heavy (non-hydrogen) atoms. The zero-order valence-electron chi connectivity index (χ0n) is 15.0. The van der Waals surface area contributed by atoms with Crippen molar-refractivity contribution in [3.8, 4) is 0 Å². The molecule has 0 aromatic heterocycles. The van der Waals surface area contributed by atoms with Crippen LogP contribution in [-0.2, 0) is 19.1 Å². The van der Waals surface area contributed by atoms with E-state index in [0.29, 0.717) is 0 Å². The van der Waals surface area contributed by atoms with E-state index < -0.39 is 0 Å². The topological polar surface area (TPSA) is 52.6 Å². The molecule has 0 N–H and O–H groups in total. The number of hydrogen-bond donors (Lipinski definition) is 0. The Morgan fingerprint density at radius 1 is 0.640 bits per heavy atom. The van der Waals surface area contributed by atoms with Crippen LogP contribution in [0.2, 0.25) is 0 Å². The lowest BCUT2D eigenvalue weighted by Crippen LogP contribution is -2.38. The van der Waals surface area contributed by atoms with Gasteiger partial charge in [0, 0.05) is 0 Å². The van der Waals surface area contributed by atoms with Crippen LogP contribution in [-0.4, -0.2) is 24.1 Å². The molecule has 4 heteroatoms. The number of allylic oxidation sites excluding steroid dienone is 2. The second-order valence-corrected chi connectivity index (χ2v) is 8.39. The van der Waals surface area contributed by atoms with Gasteiger partial charge in [-0.25, -0.2) is 0 Å². The first kappa shape index (κ1) is 17.1. The van der Waals surface area contributed by atoms with Gasteiger partial charge in [-0.05, 0) is 69.6 Å². The highest BCUT2D eigenvalue weighted by Gasteiger charge is 2.53. The molecule has 3 fully saturated rings. The van der Waals surface area contributed by atoms with Crippen LogP contribution < -0.4 is 0 Å². The number of ether oxygens (including phenoxy) is 2. The average molecular weight is 346 g/mol. The third-order valence-electron chi connectivity index (χ3n) is 6.67. The Balaban J connectivity index is 1.41. The average Bonchev–Trinajstić information content (AvgIpc) is 3.24. The fourth-order valence-electron chi connectivity index (χ4n) is 5.32. The standard InChI is InChI=1S/C21H30O4/c22-20(24-16-7-3-1-4-8-16)18-14-11-12-15(13-14)19(18)21(23)25-17-9-5-2-6-10-17/h11-12,14-19H,1-10,13H2. The molecule has 138 valence electrons. The lowest BCUT2D eigenvalue weighted by Gasteiger charge is -2.30. The molecule has 0 amide bonds. The van der Waals surface area contributed by atoms with E-state index in [1.165, 1.54) is 12.8 Å². The summed E-state index contributed by atoms with van der Waals surface area (Å²) in [5, 5.41) is 0. The molecule has 3 saturated carbocycles. The second-order valence-electron chi connectivity index (χ2n) is 8.39. The molecule has 2 bridgehead atoms. The molecule has 4 rings (SSSR count). The van der Waals surface area contributed by atoms with Crippen molar-refractivity contribution < 1.29 is 19.1 Å². The lowest BCUT2D eigenvalue weighted by molar-refractivity contribution is -0.168. The third kappa shape index (κ3) is 3.63. The number of hydrogen-bond acceptors (Lipinski definition) is 4. The minimum atomic E-state index is -0.326. The predicted octanol–water partition coefficient (Wildman–Crippen LogP) is 4.18. The monoisotopic (exact) mass is 346 g/mol. The zero-order valence-corrected chi connectivity index (χ0v) is 15.0. The highest BCUT2D eigenvalue weighted by molar-refractivity contribution is 5.84. The molecule has 0 heterocycles. The number of esters is 2. The van der Waals surface area contributed by atoms with Gasteiger partial charge in [-0.2, -0.15) is 0 Å². The SMILES string of the molecule is O=C(OC1CCCCC1)C1C2C=CC(C2)C1C(=O)OC1CCCCC1. The summed E-state index contributed by atoms with van der Waals surface area (Å²) in [5.74, 6) is -0.653. The van der Waals surface area contributed by atoms with E-state index in [4.69, 9.17) is 9.47 Å². The molecule has 4 atom stereocenters. The Morgan fingerprint density at radius 3 is 1.44 bits per heavy atom. The predicted molar refractivity (Wildman–Crippen MR) is 93.6 cm³/mol. The van der Waals surface area contributed by atoms with Crippen molar-refractivity contribution in [3.05, 3.63) is 12.2 Å². The molecule has 0 aromatic carbocycles. The molecule has 4 aliphatic carbocycles. The van der Waals surface area contributed by atoms with Gasteiger partial charge in [0.05, 0.1) is 11.8 Å². The van der Waals surface area contributed by atoms with Crippen molar-refractivity contribution in [2.45, 2.75) is 82.8 Å². The van der Waals surface area contributed by atoms with Crippen LogP contribution in [0.15, 0.2) is 12.2 Å². The van der Waals surface area contributed by atoms with E-state index in [-0.39, 0.29) is 47.8 Å². The van der Waals surface area contributed by atoms with Gasteiger partial charge in [0.15, 0.2) is 0 Å². The molecule has 0 radical (unpaired) electrons. The number of rotatable bonds is 4. The highest BCUT2D eigenvalue weighted by atomic mass is 16.6. The molecular weight excluding hydrogens is 316 g/mol. The number of carbonyl (C=O) groups excluding carboxylic acids is 2. The van der Waals surface area contributed by atoms with Crippen LogP contribution in [0.4, 0.5) is 0 Å². The third-order valence-corrected chi connectivity index (χ3v) is 6.67. The van der Waals surface area contributed by atoms with Gasteiger partial charge >= 0.3 is 11.9 Å². The van der Waals surface area contributed by atoms with E-state index in [2.05, 4.69) is 12.2 Å². The summed E-state index contributed by atoms with van der Waals surface area (Å²) in [7, 11) is 0. The van der Waals surface area contributed by atoms with Gasteiger partial charge in [-0.3, -0.25) is 9.59 Å². The first-order chi connectivity index (χ1) is 12.2. The maximum Gasteiger partial charge on any atom is 0.310 e. The summed E-state index contributed by atoms with van der Waals surface area (Å²) in [4.78, 5) is 25.7. The summed E-state index contributed by atoms with van der Waals surface area (Å²) < 4.78 is 11.6. The summed E-state index contributed by atoms with van der Waals surface area (Å²) in [6.45, 7) is 0. The molecule has 4 nitrogen and oxygen atoms in total. The molecule has 0 saturated heterocycles. The van der Waals surface area contributed by atoms with Gasteiger partial charge in [0.25, 0.3) is 0 Å². The number of fused-ring (bicyclic) bond motifs is 2. The first-order valence-corrected chi connectivity index (χ1v) is 10.3. The van der Waals surface area contributed by atoms with Crippen LogP contribution in [0.5, 0.6) is 0 Å². The summed E-state index contributed by atoms with van der Waals surface area (Å²) >= 11 is 0. The van der Waals surface area contributed by atoms with Crippen LogP contribution in [0.1, 0.15) is 70.6 Å². The van der Waals surface area contributed by atoms with Crippen molar-refractivity contribution in [1.82, 2.24) is 0 Å². The minimum absolute atomic E-state index is 0.0550. The summed E-state index contributed by atoms with van der Waals surface area (Å²) in [5.41, 5.74) is 0. The van der Waals surface area contributed by atoms with E-state index in [0.717, 1.165) is 57.8 Å². The van der Waals surface area contributed by atoms with E-state index >= 15 is 0 Å². The van der Waals surface area contributed by atoms with Gasteiger partial charge in [-0.1, -0.05) is 25.0 Å². The highest BCUT2D eigenvalue weighted by Crippen LogP contribution is 2.49. The molecular formula is C21H30O4. The normalized spacial score (nSPS) is 35.7. The van der Waals surface area contributed by atoms with E-state index in [9.17, 15) is 9.59 Å².